The average molecular weight is 686 g/mol. The van der Waals surface area contributed by atoms with Gasteiger partial charge < -0.3 is 18.8 Å². The number of fused-ring (bicyclic) bond motifs is 1. The van der Waals surface area contributed by atoms with Gasteiger partial charge in [0.1, 0.15) is 22.8 Å². The molecule has 1 heterocycles. The molecular weight excluding hydrogens is 644 g/mol. The molecule has 0 aliphatic carbocycles. The van der Waals surface area contributed by atoms with E-state index in [-0.39, 0.29) is 33.1 Å². The standard InChI is InChI=1S/C35H41FNO10P/c1-9-20-42-29-19-18-28(36)30-31(29)37(21-27(32(30)38)23-10-14-25(41-8)15-11-23)22-43-33(39)24-12-16-26(17-13-24)48(40,46-44-34(2,3)4)47-45-35(5,6)7/h10-19,21H,9,20,22H2,1-8H3. The summed E-state index contributed by atoms with van der Waals surface area (Å²) in [6, 6.07) is 14.9. The number of aromatic nitrogens is 1. The van der Waals surface area contributed by atoms with Gasteiger partial charge in [-0.1, -0.05) is 19.1 Å². The third kappa shape index (κ3) is 9.09. The molecule has 0 aliphatic rings. The summed E-state index contributed by atoms with van der Waals surface area (Å²) >= 11 is 0. The first-order valence-electron chi connectivity index (χ1n) is 15.3. The van der Waals surface area contributed by atoms with E-state index in [1.54, 1.807) is 65.8 Å². The highest BCUT2D eigenvalue weighted by Gasteiger charge is 2.35. The summed E-state index contributed by atoms with van der Waals surface area (Å²) < 4.78 is 57.7. The van der Waals surface area contributed by atoms with Crippen LogP contribution in [0.1, 0.15) is 65.2 Å². The topological polar surface area (TPSA) is 121 Å². The second-order valence-corrected chi connectivity index (χ2v) is 14.6. The highest BCUT2D eigenvalue weighted by Crippen LogP contribution is 2.49. The molecule has 0 saturated carbocycles. The maximum Gasteiger partial charge on any atom is 0.414 e. The molecule has 258 valence electrons. The summed E-state index contributed by atoms with van der Waals surface area (Å²) in [5, 5.41) is -0.140. The third-order valence-electron chi connectivity index (χ3n) is 6.52. The Morgan fingerprint density at radius 2 is 1.48 bits per heavy atom. The zero-order chi connectivity index (χ0) is 35.3. The van der Waals surface area contributed by atoms with Gasteiger partial charge >= 0.3 is 13.6 Å². The average Bonchev–Trinajstić information content (AvgIpc) is 3.05. The van der Waals surface area contributed by atoms with Crippen LogP contribution in [0.5, 0.6) is 11.5 Å². The van der Waals surface area contributed by atoms with Gasteiger partial charge in [0.05, 0.1) is 41.2 Å². The predicted octanol–water partition coefficient (Wildman–Crippen LogP) is 7.73. The van der Waals surface area contributed by atoms with E-state index in [0.29, 0.717) is 24.3 Å². The Morgan fingerprint density at radius 1 is 0.875 bits per heavy atom. The van der Waals surface area contributed by atoms with Crippen molar-refractivity contribution >= 4 is 29.8 Å². The number of pyridine rings is 1. The monoisotopic (exact) mass is 685 g/mol. The van der Waals surface area contributed by atoms with Gasteiger partial charge in [-0.15, -0.1) is 9.35 Å². The largest absolute Gasteiger partial charge is 0.497 e. The Morgan fingerprint density at radius 3 is 2.02 bits per heavy atom. The summed E-state index contributed by atoms with van der Waals surface area (Å²) in [6.45, 7) is 12.1. The molecule has 48 heavy (non-hydrogen) atoms. The fraction of sp³-hybridized carbons (Fsp3) is 0.371. The first-order valence-corrected chi connectivity index (χ1v) is 16.8. The second-order valence-electron chi connectivity index (χ2n) is 12.8. The number of rotatable bonds is 13. The van der Waals surface area contributed by atoms with Gasteiger partial charge in [0.15, 0.2) is 12.2 Å². The highest BCUT2D eigenvalue weighted by atomic mass is 31.2. The Balaban J connectivity index is 1.67. The normalized spacial score (nSPS) is 12.3. The van der Waals surface area contributed by atoms with E-state index in [1.165, 1.54) is 54.3 Å². The minimum absolute atomic E-state index is 0.0660. The van der Waals surface area contributed by atoms with Crippen LogP contribution in [0.15, 0.2) is 71.7 Å². The number of benzene rings is 3. The Labute approximate surface area is 278 Å². The van der Waals surface area contributed by atoms with Gasteiger partial charge in [-0.3, -0.25) is 4.79 Å². The zero-order valence-electron chi connectivity index (χ0n) is 28.3. The SMILES string of the molecule is CCCOc1ccc(F)c2c(=O)c(-c3ccc(OC)cc3)cn(COC(=O)c3ccc(P(=O)(OOC(C)(C)C)OOC(C)(C)C)cc3)c12. The number of carbonyl (C=O) groups excluding carboxylic acids is 1. The van der Waals surface area contributed by atoms with Gasteiger partial charge in [-0.25, -0.2) is 23.5 Å². The van der Waals surface area contributed by atoms with Crippen molar-refractivity contribution in [3.05, 3.63) is 88.5 Å². The summed E-state index contributed by atoms with van der Waals surface area (Å²) in [4.78, 5) is 37.5. The van der Waals surface area contributed by atoms with Crippen LogP contribution in [0.2, 0.25) is 0 Å². The fourth-order valence-electron chi connectivity index (χ4n) is 4.28. The molecule has 0 fully saturated rings. The lowest BCUT2D eigenvalue weighted by atomic mass is 10.0. The molecular formula is C35H41FNO10P. The number of nitrogens with zero attached hydrogens (tertiary/aromatic N) is 1. The molecule has 0 bridgehead atoms. The van der Waals surface area contributed by atoms with Crippen molar-refractivity contribution < 1.29 is 47.1 Å². The number of ether oxygens (including phenoxy) is 3. The summed E-state index contributed by atoms with van der Waals surface area (Å²) in [5.74, 6) is -0.651. The first kappa shape index (κ1) is 36.8. The van der Waals surface area contributed by atoms with Crippen LogP contribution in [0.25, 0.3) is 22.0 Å². The third-order valence-corrected chi connectivity index (χ3v) is 7.99. The molecule has 13 heteroatoms. The summed E-state index contributed by atoms with van der Waals surface area (Å²) in [7, 11) is -2.63. The van der Waals surface area contributed by atoms with E-state index in [9.17, 15) is 14.2 Å². The van der Waals surface area contributed by atoms with Gasteiger partial charge in [0.2, 0.25) is 0 Å². The van der Waals surface area contributed by atoms with E-state index >= 15 is 4.39 Å². The van der Waals surface area contributed by atoms with Gasteiger partial charge in [-0.2, -0.15) is 0 Å². The fourth-order valence-corrected chi connectivity index (χ4v) is 5.64. The minimum Gasteiger partial charge on any atom is -0.497 e. The number of carbonyl (C=O) groups is 1. The van der Waals surface area contributed by atoms with Gasteiger partial charge in [-0.05, 0) is 102 Å². The van der Waals surface area contributed by atoms with Crippen molar-refractivity contribution in [2.24, 2.45) is 0 Å². The van der Waals surface area contributed by atoms with E-state index in [2.05, 4.69) is 0 Å². The number of hydrogen-bond acceptors (Lipinski definition) is 10. The van der Waals surface area contributed by atoms with Crippen molar-refractivity contribution in [3.8, 4) is 22.6 Å². The number of methoxy groups -OCH3 is 1. The first-order chi connectivity index (χ1) is 22.5. The van der Waals surface area contributed by atoms with E-state index < -0.39 is 42.7 Å². The van der Waals surface area contributed by atoms with Crippen molar-refractivity contribution in [2.75, 3.05) is 13.7 Å². The van der Waals surface area contributed by atoms with Gasteiger partial charge in [0, 0.05) is 11.8 Å². The molecule has 4 aromatic rings. The van der Waals surface area contributed by atoms with Crippen LogP contribution >= 0.6 is 7.60 Å². The van der Waals surface area contributed by atoms with E-state index in [0.717, 1.165) is 0 Å². The number of esters is 1. The smallest absolute Gasteiger partial charge is 0.414 e. The van der Waals surface area contributed by atoms with E-state index in [4.69, 9.17) is 33.3 Å². The molecule has 0 atom stereocenters. The maximum atomic E-state index is 15.3. The van der Waals surface area contributed by atoms with Crippen LogP contribution < -0.4 is 20.2 Å². The van der Waals surface area contributed by atoms with Crippen LogP contribution in [0.4, 0.5) is 4.39 Å². The highest BCUT2D eigenvalue weighted by molar-refractivity contribution is 7.62. The minimum atomic E-state index is -4.16. The predicted molar refractivity (Wildman–Crippen MR) is 179 cm³/mol. The van der Waals surface area contributed by atoms with Crippen molar-refractivity contribution in [1.29, 1.82) is 0 Å². The molecule has 4 rings (SSSR count). The molecule has 0 spiro atoms. The number of halogens is 1. The lowest BCUT2D eigenvalue weighted by Crippen LogP contribution is -2.24. The van der Waals surface area contributed by atoms with Crippen molar-refractivity contribution in [1.82, 2.24) is 4.57 Å². The van der Waals surface area contributed by atoms with Crippen LogP contribution in [0.3, 0.4) is 0 Å². The Kier molecular flexibility index (Phi) is 11.5. The number of hydrogen-bond donors (Lipinski definition) is 0. The summed E-state index contributed by atoms with van der Waals surface area (Å²) in [6.07, 6.45) is 2.17. The molecule has 0 amide bonds. The molecule has 0 aliphatic heterocycles. The lowest BCUT2D eigenvalue weighted by molar-refractivity contribution is -0.324. The second kappa shape index (κ2) is 15.0. The van der Waals surface area contributed by atoms with Gasteiger partial charge in [0.25, 0.3) is 0 Å². The van der Waals surface area contributed by atoms with Crippen LogP contribution in [-0.2, 0) is 35.2 Å². The molecule has 3 aromatic carbocycles. The summed E-state index contributed by atoms with van der Waals surface area (Å²) in [5.41, 5.74) is -1.23. The van der Waals surface area contributed by atoms with Crippen molar-refractivity contribution in [3.63, 3.8) is 0 Å². The molecule has 0 saturated heterocycles. The molecule has 1 aromatic heterocycles. The van der Waals surface area contributed by atoms with Crippen LogP contribution in [-0.4, -0.2) is 35.5 Å². The molecule has 0 N–H and O–H groups in total. The lowest BCUT2D eigenvalue weighted by Gasteiger charge is -2.25. The van der Waals surface area contributed by atoms with Crippen molar-refractivity contribution in [2.45, 2.75) is 72.8 Å². The van der Waals surface area contributed by atoms with E-state index in [1.807, 2.05) is 6.92 Å². The molecule has 11 nitrogen and oxygen atoms in total. The maximum absolute atomic E-state index is 15.3. The quantitative estimate of drug-likeness (QED) is 0.0598. The zero-order valence-corrected chi connectivity index (χ0v) is 29.2. The Bertz CT molecular complexity index is 1820. The molecule has 0 unspecified atom stereocenters. The Hall–Kier alpha value is -4.06. The molecule has 0 radical (unpaired) electrons. The van der Waals surface area contributed by atoms with Crippen LogP contribution in [0, 0.1) is 5.82 Å².